The average molecular weight is 142 g/mol. The van der Waals surface area contributed by atoms with E-state index in [0.29, 0.717) is 5.41 Å². The van der Waals surface area contributed by atoms with Crippen molar-refractivity contribution in [2.75, 3.05) is 5.75 Å². The minimum Gasteiger partial charge on any atom is -0.134 e. The van der Waals surface area contributed by atoms with Crippen LogP contribution < -0.4 is 0 Å². The minimum atomic E-state index is 0.462. The Balaban J connectivity index is 2.52. The lowest BCUT2D eigenvalue weighted by Gasteiger charge is -2.16. The van der Waals surface area contributed by atoms with Crippen LogP contribution in [0.3, 0.4) is 0 Å². The smallest absolute Gasteiger partial charge is 0.00258 e. The van der Waals surface area contributed by atoms with Crippen LogP contribution >= 0.6 is 11.8 Å². The van der Waals surface area contributed by atoms with Crippen LogP contribution in [-0.2, 0) is 0 Å². The summed E-state index contributed by atoms with van der Waals surface area (Å²) in [5, 5.41) is 2.24. The maximum atomic E-state index is 2.32. The Morgan fingerprint density at radius 1 is 1.44 bits per heavy atom. The number of hydrogen-bond acceptors (Lipinski definition) is 1. The number of allylic oxidation sites excluding steroid dienone is 1. The second-order valence-corrected chi connectivity index (χ2v) is 4.28. The van der Waals surface area contributed by atoms with Gasteiger partial charge in [-0.25, -0.2) is 0 Å². The molecule has 0 aromatic carbocycles. The highest BCUT2D eigenvalue weighted by Gasteiger charge is 2.14. The highest BCUT2D eigenvalue weighted by atomic mass is 32.2. The number of hydrogen-bond donors (Lipinski definition) is 0. The second kappa shape index (κ2) is 2.78. The Morgan fingerprint density at radius 3 is 3.00 bits per heavy atom. The molecule has 0 bridgehead atoms. The maximum Gasteiger partial charge on any atom is -0.00258 e. The van der Waals surface area contributed by atoms with Gasteiger partial charge >= 0.3 is 0 Å². The molecule has 0 spiro atoms. The first-order valence-corrected chi connectivity index (χ1v) is 4.55. The third-order valence-electron chi connectivity index (χ3n) is 1.70. The van der Waals surface area contributed by atoms with Crippen LogP contribution in [0, 0.1) is 5.41 Å². The van der Waals surface area contributed by atoms with Crippen molar-refractivity contribution >= 4 is 11.8 Å². The molecule has 0 N–H and O–H groups in total. The van der Waals surface area contributed by atoms with E-state index in [2.05, 4.69) is 25.3 Å². The summed E-state index contributed by atoms with van der Waals surface area (Å²) in [5.41, 5.74) is 0.462. The lowest BCUT2D eigenvalue weighted by atomic mass is 9.89. The van der Waals surface area contributed by atoms with E-state index in [-0.39, 0.29) is 0 Å². The van der Waals surface area contributed by atoms with Gasteiger partial charge < -0.3 is 0 Å². The monoisotopic (exact) mass is 142 g/mol. The fraction of sp³-hybridized carbons (Fsp3) is 0.750. The Hall–Kier alpha value is 0.0900. The maximum absolute atomic E-state index is 2.32. The summed E-state index contributed by atoms with van der Waals surface area (Å²) in [7, 11) is 0. The van der Waals surface area contributed by atoms with Gasteiger partial charge in [-0.3, -0.25) is 0 Å². The van der Waals surface area contributed by atoms with Crippen molar-refractivity contribution in [2.45, 2.75) is 26.7 Å². The normalized spacial score (nSPS) is 25.6. The van der Waals surface area contributed by atoms with E-state index in [1.807, 2.05) is 11.8 Å². The van der Waals surface area contributed by atoms with Gasteiger partial charge in [-0.05, 0) is 29.4 Å². The Kier molecular flexibility index (Phi) is 2.23. The van der Waals surface area contributed by atoms with Crippen LogP contribution in [0.25, 0.3) is 0 Å². The van der Waals surface area contributed by atoms with Gasteiger partial charge in [0.15, 0.2) is 0 Å². The van der Waals surface area contributed by atoms with E-state index in [1.165, 1.54) is 18.6 Å². The number of rotatable bonds is 0. The zero-order chi connectivity index (χ0) is 6.74. The molecule has 1 rings (SSSR count). The summed E-state index contributed by atoms with van der Waals surface area (Å²) in [5.74, 6) is 1.31. The molecule has 0 nitrogen and oxygen atoms in total. The van der Waals surface area contributed by atoms with E-state index in [4.69, 9.17) is 0 Å². The van der Waals surface area contributed by atoms with E-state index in [1.54, 1.807) is 0 Å². The van der Waals surface area contributed by atoms with E-state index in [0.717, 1.165) is 0 Å². The molecule has 1 heterocycles. The molecular formula is C8H14S. The third kappa shape index (κ3) is 2.44. The molecule has 0 fully saturated rings. The van der Waals surface area contributed by atoms with Gasteiger partial charge in [0.25, 0.3) is 0 Å². The highest BCUT2D eigenvalue weighted by molar-refractivity contribution is 8.02. The molecule has 0 aliphatic carbocycles. The third-order valence-corrected chi connectivity index (χ3v) is 2.55. The molecule has 1 aliphatic heterocycles. The molecular weight excluding hydrogens is 128 g/mol. The van der Waals surface area contributed by atoms with Crippen LogP contribution in [0.1, 0.15) is 26.7 Å². The Bertz CT molecular complexity index is 114. The van der Waals surface area contributed by atoms with Gasteiger partial charge in [-0.1, -0.05) is 19.9 Å². The Morgan fingerprint density at radius 2 is 2.22 bits per heavy atom. The summed E-state index contributed by atoms with van der Waals surface area (Å²) in [6.07, 6.45) is 5.03. The first-order valence-electron chi connectivity index (χ1n) is 3.50. The summed E-state index contributed by atoms with van der Waals surface area (Å²) in [6, 6.07) is 0. The van der Waals surface area contributed by atoms with Crippen molar-refractivity contribution in [3.05, 3.63) is 11.5 Å². The van der Waals surface area contributed by atoms with Crippen LogP contribution in [0.5, 0.6) is 0 Å². The fourth-order valence-corrected chi connectivity index (χ4v) is 1.91. The molecule has 0 unspecified atom stereocenters. The standard InChI is InChI=1S/C8H14S/c1-8(2)4-3-6-9-7-5-8/h5,7H,3-4,6H2,1-2H3. The van der Waals surface area contributed by atoms with Crippen molar-refractivity contribution < 1.29 is 0 Å². The summed E-state index contributed by atoms with van der Waals surface area (Å²) >= 11 is 1.94. The minimum absolute atomic E-state index is 0.462. The molecule has 0 saturated heterocycles. The Labute approximate surface area is 61.7 Å². The van der Waals surface area contributed by atoms with Crippen LogP contribution in [0.2, 0.25) is 0 Å². The lowest BCUT2D eigenvalue weighted by molar-refractivity contribution is 0.436. The van der Waals surface area contributed by atoms with Gasteiger partial charge in [0.1, 0.15) is 0 Å². The quantitative estimate of drug-likeness (QED) is 0.501. The molecule has 1 aliphatic rings. The van der Waals surface area contributed by atoms with Crippen LogP contribution in [0.4, 0.5) is 0 Å². The fourth-order valence-electron chi connectivity index (χ4n) is 0.995. The van der Waals surface area contributed by atoms with Gasteiger partial charge in [0.2, 0.25) is 0 Å². The van der Waals surface area contributed by atoms with Gasteiger partial charge in [0, 0.05) is 0 Å². The molecule has 9 heavy (non-hydrogen) atoms. The van der Waals surface area contributed by atoms with E-state index >= 15 is 0 Å². The van der Waals surface area contributed by atoms with Crippen molar-refractivity contribution in [3.63, 3.8) is 0 Å². The highest BCUT2D eigenvalue weighted by Crippen LogP contribution is 2.29. The first kappa shape index (κ1) is 7.20. The van der Waals surface area contributed by atoms with Crippen LogP contribution in [0.15, 0.2) is 11.5 Å². The molecule has 0 aromatic heterocycles. The van der Waals surface area contributed by atoms with Crippen molar-refractivity contribution in [1.29, 1.82) is 0 Å². The largest absolute Gasteiger partial charge is 0.134 e. The molecule has 0 saturated carbocycles. The number of thioether (sulfide) groups is 1. The molecule has 0 amide bonds. The van der Waals surface area contributed by atoms with Gasteiger partial charge in [0.05, 0.1) is 0 Å². The summed E-state index contributed by atoms with van der Waals surface area (Å²) in [4.78, 5) is 0. The van der Waals surface area contributed by atoms with Crippen molar-refractivity contribution in [3.8, 4) is 0 Å². The second-order valence-electron chi connectivity index (χ2n) is 3.27. The first-order chi connectivity index (χ1) is 4.21. The van der Waals surface area contributed by atoms with E-state index in [9.17, 15) is 0 Å². The SMILES string of the molecule is CC1(C)C=CSCCC1. The topological polar surface area (TPSA) is 0 Å². The predicted molar refractivity (Wildman–Crippen MR) is 44.6 cm³/mol. The zero-order valence-electron chi connectivity index (χ0n) is 6.18. The molecule has 0 radical (unpaired) electrons. The average Bonchev–Trinajstić information content (AvgIpc) is 1.92. The van der Waals surface area contributed by atoms with Crippen molar-refractivity contribution in [1.82, 2.24) is 0 Å². The zero-order valence-corrected chi connectivity index (χ0v) is 7.00. The molecule has 52 valence electrons. The molecule has 0 aromatic rings. The summed E-state index contributed by atoms with van der Waals surface area (Å²) in [6.45, 7) is 4.60. The van der Waals surface area contributed by atoms with E-state index < -0.39 is 0 Å². The lowest BCUT2D eigenvalue weighted by Crippen LogP contribution is -2.05. The summed E-state index contributed by atoms with van der Waals surface area (Å²) < 4.78 is 0. The van der Waals surface area contributed by atoms with Crippen molar-refractivity contribution in [2.24, 2.45) is 5.41 Å². The molecule has 1 heteroatoms. The molecule has 0 atom stereocenters. The van der Waals surface area contributed by atoms with Gasteiger partial charge in [-0.2, -0.15) is 0 Å². The van der Waals surface area contributed by atoms with Gasteiger partial charge in [-0.15, -0.1) is 11.8 Å². The van der Waals surface area contributed by atoms with Crippen LogP contribution in [-0.4, -0.2) is 5.75 Å². The predicted octanol–water partition coefficient (Wildman–Crippen LogP) is 3.05.